The van der Waals surface area contributed by atoms with E-state index >= 15 is 0 Å². The number of hydrogen-bond donors (Lipinski definition) is 1. The fraction of sp³-hybridized carbons (Fsp3) is 0.692. The van der Waals surface area contributed by atoms with Crippen LogP contribution in [0.4, 0.5) is 0 Å². The lowest BCUT2D eigenvalue weighted by molar-refractivity contribution is 0.200. The molecular weight excluding hydrogens is 236 g/mol. The highest BCUT2D eigenvalue weighted by atomic mass is 32.2. The average Bonchev–Trinajstić information content (AvgIpc) is 2.81. The minimum atomic E-state index is -0.165. The first-order chi connectivity index (χ1) is 7.84. The van der Waals surface area contributed by atoms with Gasteiger partial charge in [0.25, 0.3) is 0 Å². The molecule has 2 rings (SSSR count). The van der Waals surface area contributed by atoms with Gasteiger partial charge in [0, 0.05) is 11.0 Å². The maximum Gasteiger partial charge on any atom is 0.0671 e. The molecule has 1 atom stereocenters. The molecule has 0 saturated heterocycles. The van der Waals surface area contributed by atoms with Gasteiger partial charge < -0.3 is 5.11 Å². The second-order valence-corrected chi connectivity index (χ2v) is 6.70. The second-order valence-electron chi connectivity index (χ2n) is 4.58. The summed E-state index contributed by atoms with van der Waals surface area (Å²) < 4.78 is 0. The third-order valence-corrected chi connectivity index (χ3v) is 5.38. The van der Waals surface area contributed by atoms with E-state index in [1.807, 2.05) is 11.8 Å². The van der Waals surface area contributed by atoms with Gasteiger partial charge in [0.15, 0.2) is 0 Å². The van der Waals surface area contributed by atoms with Gasteiger partial charge >= 0.3 is 0 Å². The van der Waals surface area contributed by atoms with Crippen molar-refractivity contribution >= 4 is 23.1 Å². The van der Waals surface area contributed by atoms with E-state index in [0.29, 0.717) is 0 Å². The lowest BCUT2D eigenvalue weighted by Crippen LogP contribution is -2.17. The van der Waals surface area contributed by atoms with Crippen molar-refractivity contribution in [3.05, 3.63) is 22.4 Å². The monoisotopic (exact) mass is 256 g/mol. The van der Waals surface area contributed by atoms with Crippen LogP contribution in [0.1, 0.15) is 37.7 Å². The zero-order valence-electron chi connectivity index (χ0n) is 9.60. The molecule has 90 valence electrons. The molecule has 1 aliphatic carbocycles. The second kappa shape index (κ2) is 6.67. The van der Waals surface area contributed by atoms with Crippen molar-refractivity contribution in [2.75, 3.05) is 5.75 Å². The van der Waals surface area contributed by atoms with Gasteiger partial charge in [-0.15, -0.1) is 0 Å². The predicted octanol–water partition coefficient (Wildman–Crippen LogP) is 3.72. The summed E-state index contributed by atoms with van der Waals surface area (Å²) >= 11 is 3.69. The van der Waals surface area contributed by atoms with E-state index in [2.05, 4.69) is 16.8 Å². The zero-order valence-corrected chi connectivity index (χ0v) is 11.2. The normalized spacial score (nSPS) is 19.8. The third kappa shape index (κ3) is 4.11. The Bertz CT molecular complexity index is 278. The highest BCUT2D eigenvalue weighted by molar-refractivity contribution is 7.99. The smallest absolute Gasteiger partial charge is 0.0671 e. The van der Waals surface area contributed by atoms with Crippen LogP contribution in [0.5, 0.6) is 0 Å². The Balaban J connectivity index is 1.65. The van der Waals surface area contributed by atoms with Gasteiger partial charge in [-0.25, -0.2) is 0 Å². The summed E-state index contributed by atoms with van der Waals surface area (Å²) in [6, 6.07) is 2.11. The van der Waals surface area contributed by atoms with Crippen LogP contribution in [0.15, 0.2) is 16.8 Å². The van der Waals surface area contributed by atoms with Crippen LogP contribution >= 0.6 is 23.1 Å². The molecule has 1 aliphatic rings. The van der Waals surface area contributed by atoms with Gasteiger partial charge in [0.2, 0.25) is 0 Å². The van der Waals surface area contributed by atoms with E-state index in [-0.39, 0.29) is 6.10 Å². The first-order valence-corrected chi connectivity index (χ1v) is 8.14. The number of aliphatic hydroxyl groups excluding tert-OH is 1. The number of rotatable bonds is 5. The number of hydrogen-bond acceptors (Lipinski definition) is 3. The molecule has 0 radical (unpaired) electrons. The topological polar surface area (TPSA) is 20.2 Å². The Kier molecular flexibility index (Phi) is 5.20. The molecule has 1 aromatic heterocycles. The van der Waals surface area contributed by atoms with Crippen molar-refractivity contribution in [3.63, 3.8) is 0 Å². The van der Waals surface area contributed by atoms with Crippen molar-refractivity contribution in [1.29, 1.82) is 0 Å². The van der Waals surface area contributed by atoms with Crippen LogP contribution in [-0.4, -0.2) is 22.2 Å². The molecule has 1 aromatic rings. The van der Waals surface area contributed by atoms with E-state index in [1.54, 1.807) is 11.3 Å². The number of thiophene rings is 1. The fourth-order valence-corrected chi connectivity index (χ4v) is 4.18. The lowest BCUT2D eigenvalue weighted by atomic mass is 10.0. The van der Waals surface area contributed by atoms with Crippen molar-refractivity contribution in [2.24, 2.45) is 0 Å². The van der Waals surface area contributed by atoms with Crippen LogP contribution in [0, 0.1) is 0 Å². The summed E-state index contributed by atoms with van der Waals surface area (Å²) in [7, 11) is 0. The zero-order chi connectivity index (χ0) is 11.2. The van der Waals surface area contributed by atoms with Gasteiger partial charge in [0.1, 0.15) is 0 Å². The molecule has 0 aromatic carbocycles. The summed E-state index contributed by atoms with van der Waals surface area (Å²) in [5.41, 5.74) is 1.28. The molecule has 1 N–H and O–H groups in total. The highest BCUT2D eigenvalue weighted by Gasteiger charge is 2.15. The molecule has 0 bridgehead atoms. The van der Waals surface area contributed by atoms with Crippen molar-refractivity contribution in [3.8, 4) is 0 Å². The Hall–Kier alpha value is 0.01000. The van der Waals surface area contributed by atoms with Crippen LogP contribution < -0.4 is 0 Å². The van der Waals surface area contributed by atoms with E-state index in [4.69, 9.17) is 0 Å². The molecule has 1 unspecified atom stereocenters. The molecular formula is C13H20OS2. The first-order valence-electron chi connectivity index (χ1n) is 6.15. The molecule has 0 aliphatic heterocycles. The molecule has 1 nitrogen and oxygen atoms in total. The van der Waals surface area contributed by atoms with E-state index in [9.17, 15) is 5.11 Å². The van der Waals surface area contributed by atoms with Crippen LogP contribution in [0.3, 0.4) is 0 Å². The largest absolute Gasteiger partial charge is 0.392 e. The first kappa shape index (κ1) is 12.5. The standard InChI is InChI=1S/C13H20OS2/c14-12(8-11-6-7-15-9-11)10-16-13-4-2-1-3-5-13/h6-7,9,12-14H,1-5,8,10H2. The predicted molar refractivity (Wildman–Crippen MR) is 73.4 cm³/mol. The minimum absolute atomic E-state index is 0.165. The van der Waals surface area contributed by atoms with Crippen molar-refractivity contribution in [1.82, 2.24) is 0 Å². The molecule has 3 heteroatoms. The van der Waals surface area contributed by atoms with Gasteiger partial charge in [0.05, 0.1) is 6.10 Å². The van der Waals surface area contributed by atoms with Crippen LogP contribution in [0.25, 0.3) is 0 Å². The van der Waals surface area contributed by atoms with Crippen molar-refractivity contribution in [2.45, 2.75) is 49.9 Å². The van der Waals surface area contributed by atoms with Gasteiger partial charge in [-0.2, -0.15) is 23.1 Å². The maximum absolute atomic E-state index is 9.94. The summed E-state index contributed by atoms with van der Waals surface area (Å²) in [5.74, 6) is 0.903. The third-order valence-electron chi connectivity index (χ3n) is 3.13. The van der Waals surface area contributed by atoms with Crippen LogP contribution in [0.2, 0.25) is 0 Å². The Morgan fingerprint density at radius 3 is 2.88 bits per heavy atom. The van der Waals surface area contributed by atoms with Gasteiger partial charge in [-0.05, 0) is 41.7 Å². The molecule has 0 amide bonds. The van der Waals surface area contributed by atoms with Gasteiger partial charge in [-0.1, -0.05) is 19.3 Å². The van der Waals surface area contributed by atoms with E-state index < -0.39 is 0 Å². The lowest BCUT2D eigenvalue weighted by Gasteiger charge is -2.22. The highest BCUT2D eigenvalue weighted by Crippen LogP contribution is 2.28. The Labute approximate surface area is 106 Å². The maximum atomic E-state index is 9.94. The SMILES string of the molecule is OC(CSC1CCCCC1)Cc1ccsc1. The van der Waals surface area contributed by atoms with Crippen LogP contribution in [-0.2, 0) is 6.42 Å². The van der Waals surface area contributed by atoms with Crippen molar-refractivity contribution < 1.29 is 5.11 Å². The van der Waals surface area contributed by atoms with E-state index in [1.165, 1.54) is 37.7 Å². The molecule has 1 saturated carbocycles. The Morgan fingerprint density at radius 2 is 2.19 bits per heavy atom. The average molecular weight is 256 g/mol. The summed E-state index contributed by atoms with van der Waals surface area (Å²) in [6.07, 6.45) is 7.56. The minimum Gasteiger partial charge on any atom is -0.392 e. The van der Waals surface area contributed by atoms with E-state index in [0.717, 1.165) is 17.4 Å². The number of thioether (sulfide) groups is 1. The molecule has 0 spiro atoms. The van der Waals surface area contributed by atoms with Gasteiger partial charge in [-0.3, -0.25) is 0 Å². The Morgan fingerprint density at radius 1 is 1.38 bits per heavy atom. The molecule has 16 heavy (non-hydrogen) atoms. The summed E-state index contributed by atoms with van der Waals surface area (Å²) in [5, 5.41) is 15.0. The number of aliphatic hydroxyl groups is 1. The summed E-state index contributed by atoms with van der Waals surface area (Å²) in [6.45, 7) is 0. The molecule has 1 fully saturated rings. The summed E-state index contributed by atoms with van der Waals surface area (Å²) in [4.78, 5) is 0. The fourth-order valence-electron chi connectivity index (χ4n) is 2.22. The quantitative estimate of drug-likeness (QED) is 0.866. The molecule has 1 heterocycles.